The maximum Gasteiger partial charge on any atom is 0.123 e. The molecule has 0 bridgehead atoms. The number of rotatable bonds is 3. The van der Waals surface area contributed by atoms with Gasteiger partial charge in [0.1, 0.15) is 5.82 Å². The highest BCUT2D eigenvalue weighted by atomic mass is 35.5. The van der Waals surface area contributed by atoms with Crippen LogP contribution in [0.15, 0.2) is 53.7 Å². The molecule has 0 saturated carbocycles. The van der Waals surface area contributed by atoms with E-state index in [1.54, 1.807) is 36.4 Å². The molecule has 0 amide bonds. The Balaban J connectivity index is 2.20. The Morgan fingerprint density at radius 1 is 1.06 bits per heavy atom. The number of oxime groups is 1. The third-order valence-corrected chi connectivity index (χ3v) is 2.83. The quantitative estimate of drug-likeness (QED) is 0.508. The maximum atomic E-state index is 12.8. The van der Waals surface area contributed by atoms with Gasteiger partial charge < -0.3 is 5.21 Å². The lowest BCUT2D eigenvalue weighted by Crippen LogP contribution is -2.05. The zero-order valence-electron chi connectivity index (χ0n) is 9.48. The van der Waals surface area contributed by atoms with Crippen LogP contribution in [0.25, 0.3) is 0 Å². The fraction of sp³-hybridized carbons (Fsp3) is 0.0714. The summed E-state index contributed by atoms with van der Waals surface area (Å²) in [7, 11) is 0. The number of hydrogen-bond donors (Lipinski definition) is 1. The molecule has 0 aliphatic rings. The minimum atomic E-state index is -0.285. The Morgan fingerprint density at radius 2 is 1.67 bits per heavy atom. The lowest BCUT2D eigenvalue weighted by Gasteiger charge is -2.05. The SMILES string of the molecule is O/N=C(/Cc1ccc(F)cc1)c1ccc(Cl)cc1. The molecular weight excluding hydrogens is 253 g/mol. The summed E-state index contributed by atoms with van der Waals surface area (Å²) >= 11 is 5.79. The van der Waals surface area contributed by atoms with Gasteiger partial charge in [0, 0.05) is 11.4 Å². The molecule has 18 heavy (non-hydrogen) atoms. The van der Waals surface area contributed by atoms with Crippen molar-refractivity contribution in [1.29, 1.82) is 0 Å². The Kier molecular flexibility index (Phi) is 3.95. The van der Waals surface area contributed by atoms with E-state index in [2.05, 4.69) is 5.16 Å². The molecule has 4 heteroatoms. The average molecular weight is 264 g/mol. The van der Waals surface area contributed by atoms with Gasteiger partial charge in [-0.1, -0.05) is 41.0 Å². The Hall–Kier alpha value is -1.87. The van der Waals surface area contributed by atoms with Crippen molar-refractivity contribution in [3.63, 3.8) is 0 Å². The third-order valence-electron chi connectivity index (χ3n) is 2.58. The summed E-state index contributed by atoms with van der Waals surface area (Å²) in [6.45, 7) is 0. The van der Waals surface area contributed by atoms with Crippen LogP contribution in [-0.2, 0) is 6.42 Å². The van der Waals surface area contributed by atoms with Crippen LogP contribution in [-0.4, -0.2) is 10.9 Å². The standard InChI is InChI=1S/C14H11ClFNO/c15-12-5-3-11(4-6-12)14(17-18)9-10-1-7-13(16)8-2-10/h1-8,18H,9H2/b17-14-. The zero-order chi connectivity index (χ0) is 13.0. The Labute approximate surface area is 109 Å². The van der Waals surface area contributed by atoms with E-state index in [1.807, 2.05) is 0 Å². The van der Waals surface area contributed by atoms with Gasteiger partial charge in [-0.2, -0.15) is 0 Å². The highest BCUT2D eigenvalue weighted by Gasteiger charge is 2.06. The molecule has 0 unspecified atom stereocenters. The molecule has 0 fully saturated rings. The molecule has 0 aliphatic heterocycles. The first-order chi connectivity index (χ1) is 8.69. The van der Waals surface area contributed by atoms with Crippen LogP contribution in [0.2, 0.25) is 5.02 Å². The second-order valence-corrected chi connectivity index (χ2v) is 4.29. The fourth-order valence-corrected chi connectivity index (χ4v) is 1.76. The number of nitrogens with zero attached hydrogens (tertiary/aromatic N) is 1. The molecule has 0 heterocycles. The summed E-state index contributed by atoms with van der Waals surface area (Å²) in [5, 5.41) is 13.0. The van der Waals surface area contributed by atoms with E-state index >= 15 is 0 Å². The molecule has 0 aromatic heterocycles. The Morgan fingerprint density at radius 3 is 2.22 bits per heavy atom. The highest BCUT2D eigenvalue weighted by molar-refractivity contribution is 6.30. The lowest BCUT2D eigenvalue weighted by molar-refractivity contribution is 0.318. The third kappa shape index (κ3) is 3.08. The summed E-state index contributed by atoms with van der Waals surface area (Å²) in [5.41, 5.74) is 2.17. The van der Waals surface area contributed by atoms with E-state index in [0.717, 1.165) is 11.1 Å². The summed E-state index contributed by atoms with van der Waals surface area (Å²) in [6.07, 6.45) is 0.429. The van der Waals surface area contributed by atoms with Gasteiger partial charge in [-0.25, -0.2) is 4.39 Å². The predicted molar refractivity (Wildman–Crippen MR) is 69.9 cm³/mol. The number of halogens is 2. The molecule has 1 N–H and O–H groups in total. The van der Waals surface area contributed by atoms with Crippen molar-refractivity contribution in [2.75, 3.05) is 0 Å². The van der Waals surface area contributed by atoms with Gasteiger partial charge in [-0.3, -0.25) is 0 Å². The van der Waals surface area contributed by atoms with Crippen molar-refractivity contribution in [2.45, 2.75) is 6.42 Å². The van der Waals surface area contributed by atoms with Crippen molar-refractivity contribution >= 4 is 17.3 Å². The van der Waals surface area contributed by atoms with Gasteiger partial charge in [0.05, 0.1) is 5.71 Å². The average Bonchev–Trinajstić information content (AvgIpc) is 2.39. The van der Waals surface area contributed by atoms with Crippen molar-refractivity contribution in [1.82, 2.24) is 0 Å². The molecule has 0 radical (unpaired) electrons. The number of hydrogen-bond acceptors (Lipinski definition) is 2. The van der Waals surface area contributed by atoms with Gasteiger partial charge in [-0.05, 0) is 35.4 Å². The monoisotopic (exact) mass is 263 g/mol. The largest absolute Gasteiger partial charge is 0.411 e. The smallest absolute Gasteiger partial charge is 0.123 e. The molecule has 92 valence electrons. The minimum Gasteiger partial charge on any atom is -0.411 e. The van der Waals surface area contributed by atoms with E-state index in [1.165, 1.54) is 12.1 Å². The normalized spacial score (nSPS) is 11.6. The number of benzene rings is 2. The first-order valence-electron chi connectivity index (χ1n) is 5.40. The van der Waals surface area contributed by atoms with E-state index in [0.29, 0.717) is 17.2 Å². The molecule has 2 aromatic carbocycles. The van der Waals surface area contributed by atoms with E-state index in [4.69, 9.17) is 16.8 Å². The summed E-state index contributed by atoms with van der Waals surface area (Å²) in [5.74, 6) is -0.285. The lowest BCUT2D eigenvalue weighted by atomic mass is 10.0. The molecule has 2 nitrogen and oxygen atoms in total. The van der Waals surface area contributed by atoms with Gasteiger partial charge in [0.15, 0.2) is 0 Å². The predicted octanol–water partition coefficient (Wildman–Crippen LogP) is 3.90. The molecule has 0 saturated heterocycles. The van der Waals surface area contributed by atoms with Gasteiger partial charge in [0.25, 0.3) is 0 Å². The first-order valence-corrected chi connectivity index (χ1v) is 5.78. The molecule has 2 aromatic rings. The van der Waals surface area contributed by atoms with Crippen molar-refractivity contribution in [3.05, 3.63) is 70.5 Å². The van der Waals surface area contributed by atoms with E-state index in [-0.39, 0.29) is 5.82 Å². The van der Waals surface area contributed by atoms with Crippen molar-refractivity contribution in [2.24, 2.45) is 5.16 Å². The summed E-state index contributed by atoms with van der Waals surface area (Å²) in [6, 6.07) is 13.1. The van der Waals surface area contributed by atoms with E-state index < -0.39 is 0 Å². The molecular formula is C14H11ClFNO. The van der Waals surface area contributed by atoms with Crippen LogP contribution < -0.4 is 0 Å². The van der Waals surface area contributed by atoms with Crippen LogP contribution in [0, 0.1) is 5.82 Å². The first kappa shape index (κ1) is 12.6. The summed E-state index contributed by atoms with van der Waals surface area (Å²) < 4.78 is 12.8. The van der Waals surface area contributed by atoms with Gasteiger partial charge >= 0.3 is 0 Å². The fourth-order valence-electron chi connectivity index (χ4n) is 1.63. The molecule has 0 aliphatic carbocycles. The second kappa shape index (κ2) is 5.65. The molecule has 2 rings (SSSR count). The minimum absolute atomic E-state index is 0.285. The van der Waals surface area contributed by atoms with E-state index in [9.17, 15) is 4.39 Å². The van der Waals surface area contributed by atoms with Gasteiger partial charge in [0.2, 0.25) is 0 Å². The van der Waals surface area contributed by atoms with Crippen LogP contribution >= 0.6 is 11.6 Å². The topological polar surface area (TPSA) is 32.6 Å². The second-order valence-electron chi connectivity index (χ2n) is 3.86. The zero-order valence-corrected chi connectivity index (χ0v) is 10.2. The van der Waals surface area contributed by atoms with Crippen LogP contribution in [0.1, 0.15) is 11.1 Å². The van der Waals surface area contributed by atoms with Gasteiger partial charge in [-0.15, -0.1) is 0 Å². The molecule has 0 atom stereocenters. The highest BCUT2D eigenvalue weighted by Crippen LogP contribution is 2.13. The Bertz CT molecular complexity index is 549. The van der Waals surface area contributed by atoms with Crippen molar-refractivity contribution < 1.29 is 9.60 Å². The molecule has 0 spiro atoms. The van der Waals surface area contributed by atoms with Crippen LogP contribution in [0.3, 0.4) is 0 Å². The maximum absolute atomic E-state index is 12.8. The van der Waals surface area contributed by atoms with Crippen molar-refractivity contribution in [3.8, 4) is 0 Å². The van der Waals surface area contributed by atoms with Crippen LogP contribution in [0.4, 0.5) is 4.39 Å². The van der Waals surface area contributed by atoms with Crippen LogP contribution in [0.5, 0.6) is 0 Å². The summed E-state index contributed by atoms with van der Waals surface area (Å²) in [4.78, 5) is 0.